The van der Waals surface area contributed by atoms with Gasteiger partial charge in [0, 0.05) is 22.4 Å². The first-order valence-electron chi connectivity index (χ1n) is 7.15. The molecule has 0 saturated carbocycles. The number of benzene rings is 1. The Kier molecular flexibility index (Phi) is 5.52. The SMILES string of the molecule is CCCNC(CCS(C)(=O)=O)C1Cc2ccccc2S1. The molecule has 1 heterocycles. The summed E-state index contributed by atoms with van der Waals surface area (Å²) in [6.45, 7) is 3.08. The lowest BCUT2D eigenvalue weighted by atomic mass is 10.0. The van der Waals surface area contributed by atoms with Crippen molar-refractivity contribution in [2.24, 2.45) is 0 Å². The third-order valence-electron chi connectivity index (χ3n) is 3.58. The summed E-state index contributed by atoms with van der Waals surface area (Å²) in [6, 6.07) is 8.75. The van der Waals surface area contributed by atoms with E-state index >= 15 is 0 Å². The van der Waals surface area contributed by atoms with Crippen molar-refractivity contribution < 1.29 is 8.42 Å². The lowest BCUT2D eigenvalue weighted by Gasteiger charge is -2.23. The number of thioether (sulfide) groups is 1. The molecule has 0 aliphatic carbocycles. The fourth-order valence-corrected chi connectivity index (χ4v) is 4.65. The first kappa shape index (κ1) is 15.9. The second-order valence-electron chi connectivity index (χ2n) is 5.45. The minimum Gasteiger partial charge on any atom is -0.313 e. The summed E-state index contributed by atoms with van der Waals surface area (Å²) in [4.78, 5) is 1.35. The molecule has 0 aromatic heterocycles. The van der Waals surface area contributed by atoms with Crippen LogP contribution in [0.15, 0.2) is 29.2 Å². The van der Waals surface area contributed by atoms with Crippen molar-refractivity contribution in [1.29, 1.82) is 0 Å². The highest BCUT2D eigenvalue weighted by Crippen LogP contribution is 2.38. The van der Waals surface area contributed by atoms with Gasteiger partial charge in [-0.3, -0.25) is 0 Å². The highest BCUT2D eigenvalue weighted by Gasteiger charge is 2.29. The van der Waals surface area contributed by atoms with Crippen LogP contribution in [0.4, 0.5) is 0 Å². The van der Waals surface area contributed by atoms with Gasteiger partial charge in [-0.25, -0.2) is 8.42 Å². The fourth-order valence-electron chi connectivity index (χ4n) is 2.52. The zero-order chi connectivity index (χ0) is 14.6. The molecule has 1 aliphatic rings. The van der Waals surface area contributed by atoms with Crippen molar-refractivity contribution in [2.45, 2.75) is 42.4 Å². The minimum atomic E-state index is -2.89. The van der Waals surface area contributed by atoms with Gasteiger partial charge in [0.25, 0.3) is 0 Å². The molecule has 1 aliphatic heterocycles. The van der Waals surface area contributed by atoms with Crippen LogP contribution in [0.2, 0.25) is 0 Å². The zero-order valence-electron chi connectivity index (χ0n) is 12.1. The third-order valence-corrected chi connectivity index (χ3v) is 6.00. The number of fused-ring (bicyclic) bond motifs is 1. The van der Waals surface area contributed by atoms with Crippen LogP contribution < -0.4 is 5.32 Å². The fraction of sp³-hybridized carbons (Fsp3) is 0.600. The van der Waals surface area contributed by atoms with E-state index in [0.29, 0.717) is 11.7 Å². The number of hydrogen-bond donors (Lipinski definition) is 1. The van der Waals surface area contributed by atoms with Gasteiger partial charge in [0.05, 0.1) is 5.75 Å². The Balaban J connectivity index is 2.01. The monoisotopic (exact) mass is 313 g/mol. The Morgan fingerprint density at radius 1 is 1.40 bits per heavy atom. The van der Waals surface area contributed by atoms with Gasteiger partial charge >= 0.3 is 0 Å². The average molecular weight is 313 g/mol. The van der Waals surface area contributed by atoms with Crippen LogP contribution in [0.1, 0.15) is 25.3 Å². The Morgan fingerprint density at radius 2 is 2.15 bits per heavy atom. The third kappa shape index (κ3) is 4.50. The van der Waals surface area contributed by atoms with Crippen molar-refractivity contribution in [3.8, 4) is 0 Å². The lowest BCUT2D eigenvalue weighted by Crippen LogP contribution is -2.40. The highest BCUT2D eigenvalue weighted by molar-refractivity contribution is 8.00. The van der Waals surface area contributed by atoms with E-state index in [2.05, 4.69) is 36.5 Å². The van der Waals surface area contributed by atoms with E-state index in [0.717, 1.165) is 19.4 Å². The molecule has 2 rings (SSSR count). The molecule has 0 amide bonds. The molecular formula is C15H23NO2S2. The molecule has 112 valence electrons. The molecule has 0 saturated heterocycles. The molecule has 1 N–H and O–H groups in total. The van der Waals surface area contributed by atoms with E-state index in [9.17, 15) is 8.42 Å². The predicted octanol–water partition coefficient (Wildman–Crippen LogP) is 2.51. The van der Waals surface area contributed by atoms with Gasteiger partial charge in [0.1, 0.15) is 9.84 Å². The number of nitrogens with one attached hydrogen (secondary N) is 1. The molecule has 2 atom stereocenters. The van der Waals surface area contributed by atoms with Crippen LogP contribution in [-0.4, -0.2) is 38.3 Å². The first-order chi connectivity index (χ1) is 9.49. The maximum absolute atomic E-state index is 11.4. The molecule has 20 heavy (non-hydrogen) atoms. The summed E-state index contributed by atoms with van der Waals surface area (Å²) >= 11 is 1.89. The minimum absolute atomic E-state index is 0.266. The van der Waals surface area contributed by atoms with Crippen LogP contribution in [0, 0.1) is 0 Å². The van der Waals surface area contributed by atoms with Gasteiger partial charge in [-0.1, -0.05) is 25.1 Å². The van der Waals surface area contributed by atoms with Crippen LogP contribution in [0.3, 0.4) is 0 Å². The summed E-state index contributed by atoms with van der Waals surface area (Å²) in [5.41, 5.74) is 1.39. The molecule has 1 aromatic carbocycles. The molecule has 0 fully saturated rings. The Hall–Kier alpha value is -0.520. The average Bonchev–Trinajstić information content (AvgIpc) is 2.81. The van der Waals surface area contributed by atoms with Crippen LogP contribution in [0.25, 0.3) is 0 Å². The maximum atomic E-state index is 11.4. The molecular weight excluding hydrogens is 290 g/mol. The van der Waals surface area contributed by atoms with Gasteiger partial charge in [-0.05, 0) is 37.4 Å². The molecule has 5 heteroatoms. The molecule has 3 nitrogen and oxygen atoms in total. The Morgan fingerprint density at radius 3 is 2.80 bits per heavy atom. The molecule has 1 aromatic rings. The van der Waals surface area contributed by atoms with Crippen molar-refractivity contribution >= 4 is 21.6 Å². The second kappa shape index (κ2) is 6.96. The first-order valence-corrected chi connectivity index (χ1v) is 10.1. The van der Waals surface area contributed by atoms with E-state index in [4.69, 9.17) is 0 Å². The zero-order valence-corrected chi connectivity index (χ0v) is 13.8. The van der Waals surface area contributed by atoms with Gasteiger partial charge < -0.3 is 5.32 Å². The lowest BCUT2D eigenvalue weighted by molar-refractivity contribution is 0.479. The molecule has 0 spiro atoms. The van der Waals surface area contributed by atoms with Crippen molar-refractivity contribution in [2.75, 3.05) is 18.6 Å². The second-order valence-corrected chi connectivity index (χ2v) is 8.99. The molecule has 0 radical (unpaired) electrons. The number of sulfone groups is 1. The van der Waals surface area contributed by atoms with Crippen molar-refractivity contribution in [1.82, 2.24) is 5.32 Å². The largest absolute Gasteiger partial charge is 0.313 e. The van der Waals surface area contributed by atoms with Crippen molar-refractivity contribution in [3.63, 3.8) is 0 Å². The summed E-state index contributed by atoms with van der Waals surface area (Å²) in [5, 5.41) is 3.98. The van der Waals surface area contributed by atoms with E-state index < -0.39 is 9.84 Å². The van der Waals surface area contributed by atoms with E-state index in [1.54, 1.807) is 0 Å². The van der Waals surface area contributed by atoms with Gasteiger partial charge in [-0.15, -0.1) is 11.8 Å². The number of hydrogen-bond acceptors (Lipinski definition) is 4. The Bertz CT molecular complexity index is 518. The van der Waals surface area contributed by atoms with Crippen LogP contribution in [0.5, 0.6) is 0 Å². The topological polar surface area (TPSA) is 46.2 Å². The van der Waals surface area contributed by atoms with E-state index in [-0.39, 0.29) is 11.8 Å². The van der Waals surface area contributed by atoms with Gasteiger partial charge in [-0.2, -0.15) is 0 Å². The summed E-state index contributed by atoms with van der Waals surface area (Å²) in [6.07, 6.45) is 4.12. The highest BCUT2D eigenvalue weighted by atomic mass is 32.2. The normalized spacial score (nSPS) is 19.8. The van der Waals surface area contributed by atoms with Crippen molar-refractivity contribution in [3.05, 3.63) is 29.8 Å². The summed E-state index contributed by atoms with van der Waals surface area (Å²) < 4.78 is 22.8. The maximum Gasteiger partial charge on any atom is 0.147 e. The standard InChI is InChI=1S/C15H23NO2S2/c1-3-9-16-13(8-10-20(2,17)18)15-11-12-6-4-5-7-14(12)19-15/h4-7,13,15-16H,3,8-11H2,1-2H3. The summed E-state index contributed by atoms with van der Waals surface area (Å²) in [7, 11) is -2.89. The Labute approximate surface area is 126 Å². The van der Waals surface area contributed by atoms with Gasteiger partial charge in [0.2, 0.25) is 0 Å². The molecule has 2 unspecified atom stereocenters. The van der Waals surface area contributed by atoms with Gasteiger partial charge in [0.15, 0.2) is 0 Å². The number of rotatable bonds is 7. The smallest absolute Gasteiger partial charge is 0.147 e. The van der Waals surface area contributed by atoms with Crippen LogP contribution >= 0.6 is 11.8 Å². The quantitative estimate of drug-likeness (QED) is 0.840. The van der Waals surface area contributed by atoms with Crippen LogP contribution in [-0.2, 0) is 16.3 Å². The predicted molar refractivity (Wildman–Crippen MR) is 86.2 cm³/mol. The summed E-state index contributed by atoms with van der Waals surface area (Å²) in [5.74, 6) is 0.266. The van der Waals surface area contributed by atoms with E-state index in [1.807, 2.05) is 11.8 Å². The van der Waals surface area contributed by atoms with E-state index in [1.165, 1.54) is 16.7 Å². The molecule has 0 bridgehead atoms.